The van der Waals surface area contributed by atoms with Gasteiger partial charge in [0.25, 0.3) is 0 Å². The van der Waals surface area contributed by atoms with Gasteiger partial charge in [-0.15, -0.1) is 12.4 Å². The van der Waals surface area contributed by atoms with Gasteiger partial charge in [-0.05, 0) is 62.9 Å². The molecule has 0 spiro atoms. The molecule has 19 heavy (non-hydrogen) atoms. The quantitative estimate of drug-likeness (QED) is 0.902. The predicted octanol–water partition coefficient (Wildman–Crippen LogP) is 3.74. The lowest BCUT2D eigenvalue weighted by Gasteiger charge is -2.33. The van der Waals surface area contributed by atoms with Crippen molar-refractivity contribution in [3.05, 3.63) is 33.8 Å². The van der Waals surface area contributed by atoms with Crippen LogP contribution in [-0.2, 0) is 6.54 Å². The zero-order valence-electron chi connectivity index (χ0n) is 11.7. The maximum Gasteiger partial charge on any atom is 0.0244 e. The molecule has 2 N–H and O–H groups in total. The van der Waals surface area contributed by atoms with Crippen LogP contribution in [0.25, 0.3) is 0 Å². The zero-order valence-corrected chi connectivity index (χ0v) is 14.1. The van der Waals surface area contributed by atoms with Gasteiger partial charge in [0.05, 0.1) is 0 Å². The van der Waals surface area contributed by atoms with E-state index in [9.17, 15) is 0 Å². The number of nitrogens with two attached hydrogens (primary N) is 1. The number of hydrogen-bond donors (Lipinski definition) is 1. The van der Waals surface area contributed by atoms with E-state index in [1.54, 1.807) is 0 Å². The van der Waals surface area contributed by atoms with Crippen LogP contribution in [-0.4, -0.2) is 24.0 Å². The fourth-order valence-corrected chi connectivity index (χ4v) is 3.28. The first-order valence-electron chi connectivity index (χ1n) is 6.79. The molecule has 108 valence electrons. The Bertz CT molecular complexity index is 401. The molecular weight excluding hydrogens is 324 g/mol. The summed E-state index contributed by atoms with van der Waals surface area (Å²) in [5.41, 5.74) is 8.68. The zero-order chi connectivity index (χ0) is 13.1. The summed E-state index contributed by atoms with van der Waals surface area (Å²) < 4.78 is 1.23. The van der Waals surface area contributed by atoms with E-state index in [0.29, 0.717) is 12.0 Å². The molecule has 0 amide bonds. The molecule has 0 aromatic heterocycles. The molecule has 0 aliphatic carbocycles. The van der Waals surface area contributed by atoms with Gasteiger partial charge in [0.1, 0.15) is 0 Å². The van der Waals surface area contributed by atoms with Crippen LogP contribution in [0.5, 0.6) is 0 Å². The van der Waals surface area contributed by atoms with Crippen molar-refractivity contribution < 1.29 is 0 Å². The Balaban J connectivity index is 0.00000180. The number of aryl methyl sites for hydroxylation is 1. The highest BCUT2D eigenvalue weighted by Crippen LogP contribution is 2.24. The third-order valence-corrected chi connectivity index (χ3v) is 4.72. The summed E-state index contributed by atoms with van der Waals surface area (Å²) in [4.78, 5) is 2.54. The topological polar surface area (TPSA) is 29.3 Å². The van der Waals surface area contributed by atoms with Crippen LogP contribution in [0, 0.1) is 12.8 Å². The molecular formula is C15H24BrClN2. The average molecular weight is 348 g/mol. The van der Waals surface area contributed by atoms with E-state index < -0.39 is 0 Å². The Kier molecular flexibility index (Phi) is 6.81. The van der Waals surface area contributed by atoms with Crippen LogP contribution in [0.15, 0.2) is 22.7 Å². The number of benzene rings is 1. The molecule has 0 radical (unpaired) electrons. The Labute approximate surface area is 131 Å². The fraction of sp³-hybridized carbons (Fsp3) is 0.600. The lowest BCUT2D eigenvalue weighted by Crippen LogP contribution is -2.39. The number of rotatable bonds is 3. The van der Waals surface area contributed by atoms with E-state index in [4.69, 9.17) is 5.73 Å². The van der Waals surface area contributed by atoms with Gasteiger partial charge in [0.2, 0.25) is 0 Å². The Hall–Kier alpha value is -0.0900. The minimum atomic E-state index is 0. The van der Waals surface area contributed by atoms with Crippen molar-refractivity contribution >= 4 is 28.3 Å². The minimum Gasteiger partial charge on any atom is -0.328 e. The Morgan fingerprint density at radius 2 is 2.00 bits per heavy atom. The van der Waals surface area contributed by atoms with Crippen molar-refractivity contribution in [3.63, 3.8) is 0 Å². The van der Waals surface area contributed by atoms with Gasteiger partial charge in [0, 0.05) is 17.1 Å². The smallest absolute Gasteiger partial charge is 0.0244 e. The molecule has 1 unspecified atom stereocenters. The van der Waals surface area contributed by atoms with E-state index >= 15 is 0 Å². The van der Waals surface area contributed by atoms with Gasteiger partial charge in [0.15, 0.2) is 0 Å². The van der Waals surface area contributed by atoms with E-state index in [1.165, 1.54) is 41.5 Å². The van der Waals surface area contributed by atoms with Crippen LogP contribution in [0.2, 0.25) is 0 Å². The standard InChI is InChI=1S/C15H23BrN2.ClH/c1-11-3-4-14(15(16)9-11)10-18-7-5-13(6-8-18)12(2)17;/h3-4,9,12-13H,5-8,10,17H2,1-2H3;1H. The van der Waals surface area contributed by atoms with Gasteiger partial charge in [-0.3, -0.25) is 4.90 Å². The average Bonchev–Trinajstić information content (AvgIpc) is 2.33. The molecule has 1 aliphatic heterocycles. The molecule has 1 heterocycles. The summed E-state index contributed by atoms with van der Waals surface area (Å²) in [7, 11) is 0. The predicted molar refractivity (Wildman–Crippen MR) is 87.8 cm³/mol. The van der Waals surface area contributed by atoms with Gasteiger partial charge < -0.3 is 5.73 Å². The summed E-state index contributed by atoms with van der Waals surface area (Å²) in [6, 6.07) is 6.97. The van der Waals surface area contributed by atoms with Crippen molar-refractivity contribution in [1.29, 1.82) is 0 Å². The summed E-state index contributed by atoms with van der Waals surface area (Å²) in [6.07, 6.45) is 2.47. The van der Waals surface area contributed by atoms with Crippen LogP contribution in [0.4, 0.5) is 0 Å². The molecule has 1 aromatic rings. The molecule has 0 bridgehead atoms. The number of nitrogens with zero attached hydrogens (tertiary/aromatic N) is 1. The van der Waals surface area contributed by atoms with Crippen LogP contribution >= 0.6 is 28.3 Å². The first kappa shape index (κ1) is 17.0. The maximum absolute atomic E-state index is 5.98. The Morgan fingerprint density at radius 1 is 1.37 bits per heavy atom. The highest BCUT2D eigenvalue weighted by Gasteiger charge is 2.22. The second kappa shape index (κ2) is 7.63. The van der Waals surface area contributed by atoms with Gasteiger partial charge >= 0.3 is 0 Å². The second-order valence-electron chi connectivity index (χ2n) is 5.57. The molecule has 1 atom stereocenters. The normalized spacial score (nSPS) is 18.9. The number of likely N-dealkylation sites (tertiary alicyclic amines) is 1. The molecule has 4 heteroatoms. The Morgan fingerprint density at radius 3 is 2.53 bits per heavy atom. The summed E-state index contributed by atoms with van der Waals surface area (Å²) in [5.74, 6) is 0.711. The van der Waals surface area contributed by atoms with Crippen molar-refractivity contribution in [2.75, 3.05) is 13.1 Å². The lowest BCUT2D eigenvalue weighted by atomic mass is 9.91. The summed E-state index contributed by atoms with van der Waals surface area (Å²) in [6.45, 7) is 7.66. The van der Waals surface area contributed by atoms with Crippen LogP contribution in [0.3, 0.4) is 0 Å². The van der Waals surface area contributed by atoms with E-state index in [-0.39, 0.29) is 12.4 Å². The summed E-state index contributed by atoms with van der Waals surface area (Å²) >= 11 is 3.66. The third kappa shape index (κ3) is 4.75. The number of piperidine rings is 1. The molecule has 1 aromatic carbocycles. The highest BCUT2D eigenvalue weighted by molar-refractivity contribution is 9.10. The largest absolute Gasteiger partial charge is 0.328 e. The molecule has 2 rings (SSSR count). The molecule has 0 saturated carbocycles. The third-order valence-electron chi connectivity index (χ3n) is 3.98. The van der Waals surface area contributed by atoms with E-state index in [1.807, 2.05) is 0 Å². The molecule has 1 aliphatic rings. The van der Waals surface area contributed by atoms with Gasteiger partial charge in [-0.1, -0.05) is 28.1 Å². The van der Waals surface area contributed by atoms with Gasteiger partial charge in [-0.25, -0.2) is 0 Å². The van der Waals surface area contributed by atoms with Crippen molar-refractivity contribution in [2.24, 2.45) is 11.7 Å². The monoisotopic (exact) mass is 346 g/mol. The highest BCUT2D eigenvalue weighted by atomic mass is 79.9. The van der Waals surface area contributed by atoms with Crippen molar-refractivity contribution in [3.8, 4) is 0 Å². The minimum absolute atomic E-state index is 0. The first-order chi connectivity index (χ1) is 8.56. The van der Waals surface area contributed by atoms with Crippen molar-refractivity contribution in [1.82, 2.24) is 4.90 Å². The van der Waals surface area contributed by atoms with Crippen LogP contribution < -0.4 is 5.73 Å². The SMILES string of the molecule is Cc1ccc(CN2CCC(C(C)N)CC2)c(Br)c1.Cl. The second-order valence-corrected chi connectivity index (χ2v) is 6.42. The molecule has 1 saturated heterocycles. The van der Waals surface area contributed by atoms with E-state index in [0.717, 1.165) is 6.54 Å². The maximum atomic E-state index is 5.98. The number of halogens is 2. The van der Waals surface area contributed by atoms with Crippen molar-refractivity contribution in [2.45, 2.75) is 39.3 Å². The fourth-order valence-electron chi connectivity index (χ4n) is 2.66. The molecule has 2 nitrogen and oxygen atoms in total. The number of hydrogen-bond acceptors (Lipinski definition) is 2. The lowest BCUT2D eigenvalue weighted by molar-refractivity contribution is 0.165. The summed E-state index contributed by atoms with van der Waals surface area (Å²) in [5, 5.41) is 0. The van der Waals surface area contributed by atoms with E-state index in [2.05, 4.69) is 52.9 Å². The van der Waals surface area contributed by atoms with Crippen LogP contribution in [0.1, 0.15) is 30.9 Å². The van der Waals surface area contributed by atoms with Gasteiger partial charge in [-0.2, -0.15) is 0 Å². The molecule has 1 fully saturated rings. The first-order valence-corrected chi connectivity index (χ1v) is 7.58.